The van der Waals surface area contributed by atoms with E-state index in [9.17, 15) is 14.4 Å². The fourth-order valence-corrected chi connectivity index (χ4v) is 2.93. The summed E-state index contributed by atoms with van der Waals surface area (Å²) in [6.45, 7) is 7.61. The highest BCUT2D eigenvalue weighted by atomic mass is 16.4. The highest BCUT2D eigenvalue weighted by molar-refractivity contribution is 5.88. The maximum Gasteiger partial charge on any atom is 0.303 e. The van der Waals surface area contributed by atoms with Crippen LogP contribution in [0.3, 0.4) is 0 Å². The predicted molar refractivity (Wildman–Crippen MR) is 109 cm³/mol. The van der Waals surface area contributed by atoms with Crippen molar-refractivity contribution in [1.29, 1.82) is 0 Å². The molecule has 0 unspecified atom stereocenters. The largest absolute Gasteiger partial charge is 0.481 e. The highest BCUT2D eigenvalue weighted by Gasteiger charge is 2.26. The summed E-state index contributed by atoms with van der Waals surface area (Å²) < 4.78 is 0. The Bertz CT molecular complexity index is 418. The van der Waals surface area contributed by atoms with Crippen molar-refractivity contribution in [3.05, 3.63) is 0 Å². The Morgan fingerprint density at radius 1 is 0.815 bits per heavy atom. The molecule has 27 heavy (non-hydrogen) atoms. The van der Waals surface area contributed by atoms with Crippen LogP contribution in [0.25, 0.3) is 0 Å². The van der Waals surface area contributed by atoms with Crippen LogP contribution in [0.1, 0.15) is 97.8 Å². The van der Waals surface area contributed by atoms with Gasteiger partial charge in [0.2, 0.25) is 11.8 Å². The number of hydrogen-bond acceptors (Lipinski definition) is 3. The summed E-state index contributed by atoms with van der Waals surface area (Å²) >= 11 is 0. The number of rotatable bonds is 17. The molecule has 0 aliphatic rings. The highest BCUT2D eigenvalue weighted by Crippen LogP contribution is 2.09. The zero-order valence-electron chi connectivity index (χ0n) is 17.6. The van der Waals surface area contributed by atoms with Crippen LogP contribution in [0, 0.1) is 0 Å². The van der Waals surface area contributed by atoms with Crippen molar-refractivity contribution < 1.29 is 19.5 Å². The zero-order chi connectivity index (χ0) is 20.5. The lowest BCUT2D eigenvalue weighted by atomic mass is 10.1. The number of nitrogens with zero attached hydrogens (tertiary/aromatic N) is 1. The first kappa shape index (κ1) is 25.4. The predicted octanol–water partition coefficient (Wildman–Crippen LogP) is 4.13. The molecule has 158 valence electrons. The van der Waals surface area contributed by atoms with Crippen LogP contribution in [0.15, 0.2) is 0 Å². The molecule has 0 radical (unpaired) electrons. The van der Waals surface area contributed by atoms with Gasteiger partial charge in [0.05, 0.1) is 0 Å². The summed E-state index contributed by atoms with van der Waals surface area (Å²) in [6.07, 6.45) is 9.47. The second-order valence-corrected chi connectivity index (χ2v) is 7.25. The van der Waals surface area contributed by atoms with Crippen LogP contribution >= 0.6 is 0 Å². The third-order valence-electron chi connectivity index (χ3n) is 4.66. The van der Waals surface area contributed by atoms with E-state index in [1.807, 2.05) is 0 Å². The van der Waals surface area contributed by atoms with Gasteiger partial charge in [0, 0.05) is 25.9 Å². The minimum Gasteiger partial charge on any atom is -0.481 e. The number of carboxylic acid groups (broad SMARTS) is 1. The maximum atomic E-state index is 12.9. The molecule has 1 atom stereocenters. The number of carbonyl (C=O) groups excluding carboxylic acids is 2. The second kappa shape index (κ2) is 16.6. The lowest BCUT2D eigenvalue weighted by molar-refractivity contribution is -0.139. The third kappa shape index (κ3) is 13.3. The molecular formula is C21H40N2O4. The molecule has 0 aromatic rings. The van der Waals surface area contributed by atoms with E-state index in [1.54, 1.807) is 4.90 Å². The summed E-state index contributed by atoms with van der Waals surface area (Å²) in [7, 11) is 0. The molecule has 0 bridgehead atoms. The lowest BCUT2D eigenvalue weighted by Crippen LogP contribution is -2.49. The molecule has 0 aromatic carbocycles. The smallest absolute Gasteiger partial charge is 0.303 e. The topological polar surface area (TPSA) is 86.7 Å². The molecule has 0 aliphatic heterocycles. The summed E-state index contributed by atoms with van der Waals surface area (Å²) in [5.74, 6) is -1.24. The lowest BCUT2D eigenvalue weighted by Gasteiger charge is -2.28. The summed E-state index contributed by atoms with van der Waals surface area (Å²) in [6, 6.07) is -0.738. The van der Waals surface area contributed by atoms with Gasteiger partial charge in [-0.2, -0.15) is 0 Å². The molecule has 0 saturated heterocycles. The van der Waals surface area contributed by atoms with E-state index < -0.39 is 12.0 Å². The van der Waals surface area contributed by atoms with Crippen molar-refractivity contribution in [1.82, 2.24) is 10.2 Å². The minimum atomic E-state index is -0.949. The Kier molecular flexibility index (Phi) is 15.6. The van der Waals surface area contributed by atoms with E-state index in [1.165, 1.54) is 6.42 Å². The quantitative estimate of drug-likeness (QED) is 0.369. The van der Waals surface area contributed by atoms with Crippen LogP contribution < -0.4 is 5.32 Å². The van der Waals surface area contributed by atoms with Gasteiger partial charge in [0.1, 0.15) is 6.04 Å². The fraction of sp³-hybridized carbons (Fsp3) is 0.857. The van der Waals surface area contributed by atoms with Gasteiger partial charge in [-0.3, -0.25) is 14.4 Å². The van der Waals surface area contributed by atoms with Crippen LogP contribution in [-0.2, 0) is 14.4 Å². The first-order valence-electron chi connectivity index (χ1n) is 10.8. The first-order valence-corrected chi connectivity index (χ1v) is 10.8. The molecule has 0 spiro atoms. The Morgan fingerprint density at radius 2 is 1.37 bits per heavy atom. The van der Waals surface area contributed by atoms with Gasteiger partial charge in [-0.25, -0.2) is 0 Å². The number of carboxylic acids is 1. The number of nitrogens with one attached hydrogen (secondary N) is 1. The molecular weight excluding hydrogens is 344 g/mol. The monoisotopic (exact) mass is 384 g/mol. The molecule has 6 nitrogen and oxygen atoms in total. The van der Waals surface area contributed by atoms with Crippen molar-refractivity contribution in [3.8, 4) is 0 Å². The zero-order valence-corrected chi connectivity index (χ0v) is 17.6. The Labute approximate surface area is 165 Å². The summed E-state index contributed by atoms with van der Waals surface area (Å²) in [4.78, 5) is 37.9. The molecule has 2 N–H and O–H groups in total. The molecule has 0 aliphatic carbocycles. The van der Waals surface area contributed by atoms with Crippen LogP contribution in [-0.4, -0.2) is 46.9 Å². The molecule has 0 rings (SSSR count). The van der Waals surface area contributed by atoms with E-state index in [0.29, 0.717) is 19.5 Å². The van der Waals surface area contributed by atoms with E-state index in [2.05, 4.69) is 26.1 Å². The summed E-state index contributed by atoms with van der Waals surface area (Å²) in [5, 5.41) is 11.8. The van der Waals surface area contributed by atoms with Gasteiger partial charge in [-0.15, -0.1) is 0 Å². The number of amides is 2. The van der Waals surface area contributed by atoms with Gasteiger partial charge in [0.25, 0.3) is 0 Å². The van der Waals surface area contributed by atoms with Crippen LogP contribution in [0.5, 0.6) is 0 Å². The Morgan fingerprint density at radius 3 is 1.89 bits per heavy atom. The second-order valence-electron chi connectivity index (χ2n) is 7.25. The van der Waals surface area contributed by atoms with E-state index in [0.717, 1.165) is 51.4 Å². The van der Waals surface area contributed by atoms with E-state index >= 15 is 0 Å². The van der Waals surface area contributed by atoms with E-state index in [4.69, 9.17) is 5.11 Å². The number of carbonyl (C=O) groups is 3. The number of aliphatic carboxylic acids is 1. The number of hydrogen-bond donors (Lipinski definition) is 2. The van der Waals surface area contributed by atoms with Crippen molar-refractivity contribution in [2.45, 2.75) is 104 Å². The maximum absolute atomic E-state index is 12.9. The van der Waals surface area contributed by atoms with Gasteiger partial charge in [-0.1, -0.05) is 59.3 Å². The van der Waals surface area contributed by atoms with Gasteiger partial charge >= 0.3 is 5.97 Å². The Balaban J connectivity index is 4.78. The molecule has 0 heterocycles. The Hall–Kier alpha value is -1.59. The van der Waals surface area contributed by atoms with Crippen LogP contribution in [0.4, 0.5) is 0 Å². The molecule has 0 fully saturated rings. The first-order chi connectivity index (χ1) is 13.0. The van der Waals surface area contributed by atoms with Gasteiger partial charge in [-0.05, 0) is 25.7 Å². The van der Waals surface area contributed by atoms with Gasteiger partial charge < -0.3 is 15.3 Å². The number of unbranched alkanes of at least 4 members (excludes halogenated alkanes) is 6. The van der Waals surface area contributed by atoms with Crippen molar-refractivity contribution in [3.63, 3.8) is 0 Å². The van der Waals surface area contributed by atoms with Crippen LogP contribution in [0.2, 0.25) is 0 Å². The SMILES string of the molecule is CCCCCCCC(=O)N[C@@H](CCC(=O)O)C(=O)N(CCCC)CCCC. The molecule has 0 aromatic heterocycles. The fourth-order valence-electron chi connectivity index (χ4n) is 2.93. The normalized spacial score (nSPS) is 11.8. The van der Waals surface area contributed by atoms with Gasteiger partial charge in [0.15, 0.2) is 0 Å². The molecule has 6 heteroatoms. The van der Waals surface area contributed by atoms with E-state index in [-0.39, 0.29) is 24.7 Å². The average molecular weight is 385 g/mol. The standard InChI is InChI=1S/C21H40N2O4/c1-4-7-10-11-12-13-19(24)22-18(14-15-20(25)26)21(27)23(16-8-5-2)17-9-6-3/h18H,4-17H2,1-3H3,(H,22,24)(H,25,26)/t18-/m0/s1. The van der Waals surface area contributed by atoms with Crippen molar-refractivity contribution in [2.24, 2.45) is 0 Å². The third-order valence-corrected chi connectivity index (χ3v) is 4.66. The minimum absolute atomic E-state index is 0.122. The summed E-state index contributed by atoms with van der Waals surface area (Å²) in [5.41, 5.74) is 0. The van der Waals surface area contributed by atoms with Crippen molar-refractivity contribution in [2.75, 3.05) is 13.1 Å². The average Bonchev–Trinajstić information content (AvgIpc) is 2.64. The molecule has 2 amide bonds. The molecule has 0 saturated carbocycles. The van der Waals surface area contributed by atoms with Crippen molar-refractivity contribution >= 4 is 17.8 Å².